The third-order valence-corrected chi connectivity index (χ3v) is 14.1. The highest BCUT2D eigenvalue weighted by Crippen LogP contribution is 2.74. The normalized spacial score (nSPS) is 44.4. The van der Waals surface area contributed by atoms with Crippen molar-refractivity contribution in [1.29, 1.82) is 0 Å². The van der Waals surface area contributed by atoms with Gasteiger partial charge in [-0.2, -0.15) is 0 Å². The number of carbonyl (C=O) groups excluding carboxylic acids is 2. The lowest BCUT2D eigenvalue weighted by Gasteiger charge is -2.71. The van der Waals surface area contributed by atoms with Crippen molar-refractivity contribution in [3.63, 3.8) is 0 Å². The lowest BCUT2D eigenvalue weighted by molar-refractivity contribution is -0.186. The van der Waals surface area contributed by atoms with Crippen LogP contribution in [0.2, 0.25) is 0 Å². The molecule has 0 radical (unpaired) electrons. The zero-order valence-electron chi connectivity index (χ0n) is 26.3. The molecule has 4 fully saturated rings. The number of rotatable bonds is 4. The molecule has 0 amide bonds. The van der Waals surface area contributed by atoms with E-state index in [1.165, 1.54) is 43.1 Å². The van der Waals surface area contributed by atoms with E-state index in [-0.39, 0.29) is 33.2 Å². The van der Waals surface area contributed by atoms with Crippen molar-refractivity contribution >= 4 is 17.8 Å². The highest BCUT2D eigenvalue weighted by Gasteiger charge is 2.71. The van der Waals surface area contributed by atoms with E-state index in [1.54, 1.807) is 6.29 Å². The smallest absolute Gasteiger partial charge is 0.337 e. The summed E-state index contributed by atoms with van der Waals surface area (Å²) in [5, 5.41) is 0. The molecule has 4 heteroatoms. The molecule has 1 aromatic rings. The number of esters is 1. The molecule has 1 aromatic carbocycles. The van der Waals surface area contributed by atoms with Gasteiger partial charge in [-0.25, -0.2) is 4.79 Å². The van der Waals surface area contributed by atoms with Crippen LogP contribution in [-0.4, -0.2) is 29.7 Å². The lowest BCUT2D eigenvalue weighted by Crippen LogP contribution is -2.73. The number of allylic oxidation sites excluding steroid dienone is 3. The summed E-state index contributed by atoms with van der Waals surface area (Å²) in [5.41, 5.74) is 12.3. The van der Waals surface area contributed by atoms with Gasteiger partial charge >= 0.3 is 5.97 Å². The highest BCUT2D eigenvalue weighted by atomic mass is 16.5. The Labute approximate surface area is 247 Å². The molecule has 0 saturated heterocycles. The number of benzene rings is 1. The zero-order chi connectivity index (χ0) is 29.6. The number of aldehydes is 1. The van der Waals surface area contributed by atoms with Gasteiger partial charge < -0.3 is 10.5 Å². The van der Waals surface area contributed by atoms with Gasteiger partial charge in [0.1, 0.15) is 0 Å². The summed E-state index contributed by atoms with van der Waals surface area (Å²) >= 11 is 0. The largest absolute Gasteiger partial charge is 0.465 e. The van der Waals surface area contributed by atoms with E-state index in [0.29, 0.717) is 35.2 Å². The van der Waals surface area contributed by atoms with Gasteiger partial charge in [0.25, 0.3) is 6.29 Å². The Morgan fingerprint density at radius 1 is 1.00 bits per heavy atom. The van der Waals surface area contributed by atoms with Crippen LogP contribution in [-0.2, 0) is 4.74 Å². The van der Waals surface area contributed by atoms with Crippen LogP contribution in [0.4, 0.5) is 0 Å². The van der Waals surface area contributed by atoms with E-state index in [0.717, 1.165) is 38.5 Å². The minimum absolute atomic E-state index is 0.0176. The predicted molar refractivity (Wildman–Crippen MR) is 167 cm³/mol. The van der Waals surface area contributed by atoms with E-state index in [9.17, 15) is 9.59 Å². The number of hydrogen-bond acceptors (Lipinski definition) is 3. The average Bonchev–Trinajstić information content (AvgIpc) is 3.33. The number of hydrogen-bond donors (Lipinski definition) is 1. The molecular weight excluding hydrogens is 506 g/mol. The molecule has 4 nitrogen and oxygen atoms in total. The monoisotopic (exact) mass is 558 g/mol. The number of ether oxygens (including phenoxy) is 1. The molecule has 5 aliphatic rings. The molecule has 222 valence electrons. The number of fused-ring (bicyclic) bond motifs is 7. The van der Waals surface area contributed by atoms with Gasteiger partial charge in [-0.3, -0.25) is 4.79 Å². The van der Waals surface area contributed by atoms with Crippen molar-refractivity contribution in [2.24, 2.45) is 57.0 Å². The lowest BCUT2D eigenvalue weighted by atomic mass is 9.34. The van der Waals surface area contributed by atoms with E-state index in [1.807, 2.05) is 12.1 Å². The molecule has 5 aliphatic carbocycles. The summed E-state index contributed by atoms with van der Waals surface area (Å²) in [6, 6.07) is 8.00. The van der Waals surface area contributed by atoms with Crippen molar-refractivity contribution in [2.45, 2.75) is 97.9 Å². The van der Waals surface area contributed by atoms with E-state index >= 15 is 0 Å². The van der Waals surface area contributed by atoms with E-state index in [2.05, 4.69) is 59.4 Å². The van der Waals surface area contributed by atoms with Gasteiger partial charge in [0.2, 0.25) is 0 Å². The maximum Gasteiger partial charge on any atom is 0.337 e. The third-order valence-electron chi connectivity index (χ3n) is 14.1. The minimum atomic E-state index is -0.289. The first-order valence-corrected chi connectivity index (χ1v) is 16.1. The van der Waals surface area contributed by atoms with Crippen LogP contribution in [0.15, 0.2) is 42.5 Å². The van der Waals surface area contributed by atoms with Gasteiger partial charge in [-0.05, 0) is 134 Å². The van der Waals surface area contributed by atoms with E-state index < -0.39 is 0 Å². The fraction of sp³-hybridized carbons (Fsp3) is 0.676. The van der Waals surface area contributed by atoms with Gasteiger partial charge in [-0.15, -0.1) is 0 Å². The van der Waals surface area contributed by atoms with Gasteiger partial charge in [0.15, 0.2) is 0 Å². The first kappa shape index (κ1) is 28.9. The Balaban J connectivity index is 1.35. The second kappa shape index (κ2) is 9.40. The van der Waals surface area contributed by atoms with Crippen molar-refractivity contribution in [3.8, 4) is 0 Å². The van der Waals surface area contributed by atoms with Crippen LogP contribution in [0.3, 0.4) is 0 Å². The molecule has 0 spiro atoms. The SMILES string of the molecule is C=C(C)C1CCC2(C=[OH+])CC[C@]3(N)[C@H](CC[C@@H]4[C@@]5(C)CC=C(c6ccc(C(=O)OC)cc6)C(C)(C)[C@@H]5CC[C@]43C)[C@@H]12. The Morgan fingerprint density at radius 3 is 2.34 bits per heavy atom. The molecule has 0 bridgehead atoms. The molecule has 0 aromatic heterocycles. The molecule has 9 atom stereocenters. The maximum atomic E-state index is 12.0. The van der Waals surface area contributed by atoms with Crippen LogP contribution >= 0.6 is 0 Å². The summed E-state index contributed by atoms with van der Waals surface area (Å²) in [4.78, 5) is 22.7. The second-order valence-corrected chi connectivity index (χ2v) is 15.8. The van der Waals surface area contributed by atoms with Crippen LogP contribution in [0.1, 0.15) is 108 Å². The molecule has 4 saturated carbocycles. The number of nitrogens with two attached hydrogens (primary N) is 1. The Hall–Kier alpha value is -2.20. The second-order valence-electron chi connectivity index (χ2n) is 15.8. The van der Waals surface area contributed by atoms with Gasteiger partial charge in [0.05, 0.1) is 18.1 Å². The Morgan fingerprint density at radius 2 is 1.71 bits per heavy atom. The van der Waals surface area contributed by atoms with Gasteiger partial charge in [0, 0.05) is 5.54 Å². The molecule has 3 N–H and O–H groups in total. The molecule has 41 heavy (non-hydrogen) atoms. The fourth-order valence-electron chi connectivity index (χ4n) is 12.1. The number of methoxy groups -OCH3 is 1. The average molecular weight is 559 g/mol. The third kappa shape index (κ3) is 3.74. The standard InChI is InChI=1S/C37H51NO3/c1-23(2)26-14-19-36(22-39)20-21-37(38)28(31(26)36)12-13-30-34(5)17-15-27(24-8-10-25(11-9-24)32(40)41-7)33(3,4)29(34)16-18-35(30,37)6/h8-11,15,22,26,28-31H,1,12-14,16-21,38H2,2-7H3/p+1/t26?,28-,29+,30-,31-,34+,35-,36?,37+/m1/s1. The van der Waals surface area contributed by atoms with Crippen molar-refractivity contribution in [1.82, 2.24) is 0 Å². The van der Waals surface area contributed by atoms with Crippen molar-refractivity contribution in [3.05, 3.63) is 53.6 Å². The van der Waals surface area contributed by atoms with Crippen molar-refractivity contribution in [2.75, 3.05) is 7.11 Å². The first-order valence-electron chi connectivity index (χ1n) is 16.1. The summed E-state index contributed by atoms with van der Waals surface area (Å²) in [6.07, 6.45) is 14.1. The summed E-state index contributed by atoms with van der Waals surface area (Å²) in [6.45, 7) is 16.7. The first-order chi connectivity index (χ1) is 19.3. The van der Waals surface area contributed by atoms with Crippen LogP contribution in [0.5, 0.6) is 0 Å². The summed E-state index contributed by atoms with van der Waals surface area (Å²) < 4.78 is 4.92. The molecule has 0 heterocycles. The predicted octanol–water partition coefficient (Wildman–Crippen LogP) is 7.99. The molecular formula is C37H52NO3+. The van der Waals surface area contributed by atoms with Crippen LogP contribution < -0.4 is 5.73 Å². The molecule has 6 rings (SSSR count). The molecule has 2 unspecified atom stereocenters. The van der Waals surface area contributed by atoms with Gasteiger partial charge in [-0.1, -0.05) is 58.1 Å². The Kier molecular flexibility index (Phi) is 6.62. The fourth-order valence-corrected chi connectivity index (χ4v) is 12.1. The van der Waals surface area contributed by atoms with Crippen LogP contribution in [0.25, 0.3) is 5.57 Å². The number of carbonyl (C=O) groups is 1. The van der Waals surface area contributed by atoms with Crippen molar-refractivity contribution < 1.29 is 14.3 Å². The molecule has 0 aliphatic heterocycles. The quantitative estimate of drug-likeness (QED) is 0.176. The maximum absolute atomic E-state index is 12.0. The highest BCUT2D eigenvalue weighted by molar-refractivity contribution is 5.90. The Bertz CT molecular complexity index is 1290. The minimum Gasteiger partial charge on any atom is -0.465 e. The topological polar surface area (TPSA) is 73.7 Å². The summed E-state index contributed by atoms with van der Waals surface area (Å²) in [7, 11) is 1.43. The zero-order valence-corrected chi connectivity index (χ0v) is 26.3. The van der Waals surface area contributed by atoms with Crippen LogP contribution in [0, 0.1) is 51.2 Å². The summed E-state index contributed by atoms with van der Waals surface area (Å²) in [5.74, 6) is 2.16. The van der Waals surface area contributed by atoms with E-state index in [4.69, 9.17) is 10.5 Å².